The van der Waals surface area contributed by atoms with E-state index in [4.69, 9.17) is 4.74 Å². The average molecular weight is 284 g/mol. The molecule has 2 unspecified atom stereocenters. The van der Waals surface area contributed by atoms with E-state index >= 15 is 0 Å². The largest absolute Gasteiger partial charge is 0.383 e. The molecule has 0 aromatic heterocycles. The lowest BCUT2D eigenvalue weighted by Gasteiger charge is -2.45. The van der Waals surface area contributed by atoms with Gasteiger partial charge in [0.25, 0.3) is 0 Å². The summed E-state index contributed by atoms with van der Waals surface area (Å²) in [6, 6.07) is 0.633. The Kier molecular flexibility index (Phi) is 7.49. The fourth-order valence-electron chi connectivity index (χ4n) is 3.93. The molecular weight excluding hydrogens is 248 g/mol. The van der Waals surface area contributed by atoms with Gasteiger partial charge in [-0.25, -0.2) is 0 Å². The van der Waals surface area contributed by atoms with Gasteiger partial charge in [-0.1, -0.05) is 34.1 Å². The zero-order chi connectivity index (χ0) is 15.2. The van der Waals surface area contributed by atoms with Crippen molar-refractivity contribution in [2.24, 2.45) is 17.3 Å². The molecule has 0 spiro atoms. The van der Waals surface area contributed by atoms with E-state index in [2.05, 4.69) is 45.0 Å². The fraction of sp³-hybridized carbons (Fsp3) is 1.00. The van der Waals surface area contributed by atoms with Crippen molar-refractivity contribution < 1.29 is 4.74 Å². The molecule has 0 aliphatic heterocycles. The molecule has 1 aliphatic rings. The van der Waals surface area contributed by atoms with Crippen LogP contribution in [0.5, 0.6) is 0 Å². The summed E-state index contributed by atoms with van der Waals surface area (Å²) in [4.78, 5) is 2.60. The standard InChI is InChI=1S/C17H36N2O/c1-14(2)12-19(10-11-20-6)13-15-8-7-9-17(3,4)16(15)18-5/h14-16,18H,7-13H2,1-6H3. The lowest BCUT2D eigenvalue weighted by molar-refractivity contribution is 0.0675. The Balaban J connectivity index is 2.64. The summed E-state index contributed by atoms with van der Waals surface area (Å²) in [5.74, 6) is 1.48. The highest BCUT2D eigenvalue weighted by molar-refractivity contribution is 4.93. The van der Waals surface area contributed by atoms with Gasteiger partial charge in [-0.15, -0.1) is 0 Å². The van der Waals surface area contributed by atoms with Crippen molar-refractivity contribution in [2.45, 2.75) is 53.0 Å². The molecule has 1 aliphatic carbocycles. The van der Waals surface area contributed by atoms with Crippen LogP contribution in [0.3, 0.4) is 0 Å². The first-order valence-electron chi connectivity index (χ1n) is 8.29. The van der Waals surface area contributed by atoms with E-state index in [1.807, 2.05) is 0 Å². The van der Waals surface area contributed by atoms with Crippen LogP contribution in [-0.4, -0.2) is 51.3 Å². The second-order valence-corrected chi connectivity index (χ2v) is 7.55. The second-order valence-electron chi connectivity index (χ2n) is 7.55. The molecule has 1 saturated carbocycles. The Morgan fingerprint density at radius 1 is 1.35 bits per heavy atom. The number of ether oxygens (including phenoxy) is 1. The van der Waals surface area contributed by atoms with Crippen molar-refractivity contribution in [3.05, 3.63) is 0 Å². The number of nitrogens with zero attached hydrogens (tertiary/aromatic N) is 1. The quantitative estimate of drug-likeness (QED) is 0.741. The van der Waals surface area contributed by atoms with Crippen LogP contribution in [0.1, 0.15) is 47.0 Å². The topological polar surface area (TPSA) is 24.5 Å². The van der Waals surface area contributed by atoms with Crippen LogP contribution in [0.25, 0.3) is 0 Å². The molecule has 1 N–H and O–H groups in total. The molecule has 0 amide bonds. The van der Waals surface area contributed by atoms with Crippen LogP contribution in [0.4, 0.5) is 0 Å². The number of hydrogen-bond donors (Lipinski definition) is 1. The number of hydrogen-bond acceptors (Lipinski definition) is 3. The first-order chi connectivity index (χ1) is 9.40. The normalized spacial score (nSPS) is 26.4. The van der Waals surface area contributed by atoms with E-state index in [1.165, 1.54) is 32.4 Å². The molecule has 1 fully saturated rings. The summed E-state index contributed by atoms with van der Waals surface area (Å²) in [5.41, 5.74) is 0.419. The molecule has 2 atom stereocenters. The zero-order valence-corrected chi connectivity index (χ0v) is 14.5. The third-order valence-corrected chi connectivity index (χ3v) is 4.75. The third-order valence-electron chi connectivity index (χ3n) is 4.75. The molecule has 3 nitrogen and oxygen atoms in total. The summed E-state index contributed by atoms with van der Waals surface area (Å²) in [5, 5.41) is 3.60. The predicted molar refractivity (Wildman–Crippen MR) is 87.1 cm³/mol. The van der Waals surface area contributed by atoms with Gasteiger partial charge < -0.3 is 15.0 Å². The van der Waals surface area contributed by atoms with Gasteiger partial charge in [-0.2, -0.15) is 0 Å². The summed E-state index contributed by atoms with van der Waals surface area (Å²) in [7, 11) is 3.93. The molecule has 0 saturated heterocycles. The maximum atomic E-state index is 5.28. The van der Waals surface area contributed by atoms with Crippen LogP contribution < -0.4 is 5.32 Å². The van der Waals surface area contributed by atoms with Crippen molar-refractivity contribution in [3.8, 4) is 0 Å². The van der Waals surface area contributed by atoms with Gasteiger partial charge in [-0.3, -0.25) is 0 Å². The van der Waals surface area contributed by atoms with E-state index in [1.54, 1.807) is 7.11 Å². The van der Waals surface area contributed by atoms with Gasteiger partial charge in [0, 0.05) is 32.8 Å². The highest BCUT2D eigenvalue weighted by Crippen LogP contribution is 2.39. The van der Waals surface area contributed by atoms with Gasteiger partial charge in [0.15, 0.2) is 0 Å². The molecule has 0 bridgehead atoms. The van der Waals surface area contributed by atoms with Crippen molar-refractivity contribution >= 4 is 0 Å². The second kappa shape index (κ2) is 8.35. The number of nitrogens with one attached hydrogen (secondary N) is 1. The van der Waals surface area contributed by atoms with Gasteiger partial charge in [0.2, 0.25) is 0 Å². The smallest absolute Gasteiger partial charge is 0.0589 e. The zero-order valence-electron chi connectivity index (χ0n) is 14.5. The highest BCUT2D eigenvalue weighted by atomic mass is 16.5. The van der Waals surface area contributed by atoms with Crippen LogP contribution in [0.2, 0.25) is 0 Å². The Morgan fingerprint density at radius 2 is 2.05 bits per heavy atom. The summed E-state index contributed by atoms with van der Waals surface area (Å²) in [6.07, 6.45) is 4.07. The molecule has 20 heavy (non-hydrogen) atoms. The molecule has 3 heteroatoms. The molecule has 0 aromatic rings. The summed E-state index contributed by atoms with van der Waals surface area (Å²) >= 11 is 0. The Morgan fingerprint density at radius 3 is 2.60 bits per heavy atom. The van der Waals surface area contributed by atoms with Gasteiger partial charge in [0.05, 0.1) is 6.61 Å². The van der Waals surface area contributed by atoms with Gasteiger partial charge in [-0.05, 0) is 37.1 Å². The number of rotatable bonds is 8. The van der Waals surface area contributed by atoms with Crippen LogP contribution in [0, 0.1) is 17.3 Å². The number of methoxy groups -OCH3 is 1. The first kappa shape index (κ1) is 17.9. The third kappa shape index (κ3) is 5.34. The van der Waals surface area contributed by atoms with Crippen molar-refractivity contribution in [1.29, 1.82) is 0 Å². The fourth-order valence-corrected chi connectivity index (χ4v) is 3.93. The van der Waals surface area contributed by atoms with Crippen molar-refractivity contribution in [1.82, 2.24) is 10.2 Å². The van der Waals surface area contributed by atoms with Crippen LogP contribution >= 0.6 is 0 Å². The molecule has 0 radical (unpaired) electrons. The molecular formula is C17H36N2O. The average Bonchev–Trinajstić information content (AvgIpc) is 2.34. The minimum absolute atomic E-state index is 0.419. The van der Waals surface area contributed by atoms with Gasteiger partial charge in [0.1, 0.15) is 0 Å². The lowest BCUT2D eigenvalue weighted by Crippen LogP contribution is -2.52. The SMILES string of the molecule is CNC1C(CN(CCOC)CC(C)C)CCCC1(C)C. The molecule has 0 heterocycles. The van der Waals surface area contributed by atoms with Crippen LogP contribution in [-0.2, 0) is 4.74 Å². The Bertz CT molecular complexity index is 266. The first-order valence-corrected chi connectivity index (χ1v) is 8.29. The molecule has 120 valence electrons. The van der Waals surface area contributed by atoms with E-state index in [-0.39, 0.29) is 0 Å². The Labute approximate surface area is 126 Å². The Hall–Kier alpha value is -0.120. The predicted octanol–water partition coefficient (Wildman–Crippen LogP) is 3.01. The molecule has 0 aromatic carbocycles. The maximum absolute atomic E-state index is 5.28. The van der Waals surface area contributed by atoms with E-state index in [9.17, 15) is 0 Å². The minimum Gasteiger partial charge on any atom is -0.383 e. The van der Waals surface area contributed by atoms with Crippen molar-refractivity contribution in [3.63, 3.8) is 0 Å². The summed E-state index contributed by atoms with van der Waals surface area (Å²) in [6.45, 7) is 13.7. The maximum Gasteiger partial charge on any atom is 0.0589 e. The van der Waals surface area contributed by atoms with Crippen LogP contribution in [0.15, 0.2) is 0 Å². The lowest BCUT2D eigenvalue weighted by atomic mass is 9.68. The van der Waals surface area contributed by atoms with Gasteiger partial charge >= 0.3 is 0 Å². The highest BCUT2D eigenvalue weighted by Gasteiger charge is 2.38. The monoisotopic (exact) mass is 284 g/mol. The minimum atomic E-state index is 0.419. The van der Waals surface area contributed by atoms with E-state index in [0.717, 1.165) is 25.0 Å². The summed E-state index contributed by atoms with van der Waals surface area (Å²) < 4.78 is 5.28. The van der Waals surface area contributed by atoms with E-state index in [0.29, 0.717) is 11.5 Å². The van der Waals surface area contributed by atoms with E-state index < -0.39 is 0 Å². The van der Waals surface area contributed by atoms with Crippen molar-refractivity contribution in [2.75, 3.05) is 40.4 Å². The molecule has 1 rings (SSSR count).